The fourth-order valence-corrected chi connectivity index (χ4v) is 6.40. The number of rotatable bonds is 4. The first-order valence-corrected chi connectivity index (χ1v) is 11.0. The molecule has 0 spiro atoms. The number of carbonyl (C=O) groups is 2. The molecular formula is C19H25N3O4S. The van der Waals surface area contributed by atoms with Crippen LogP contribution in [0.4, 0.5) is 0 Å². The number of nitrogens with two attached hydrogens (primary N) is 1. The van der Waals surface area contributed by atoms with Crippen molar-refractivity contribution in [1.29, 1.82) is 0 Å². The molecule has 4 fully saturated rings. The lowest BCUT2D eigenvalue weighted by Crippen LogP contribution is -2.50. The molecule has 146 valence electrons. The predicted octanol–water partition coefficient (Wildman–Crippen LogP) is 1.70. The summed E-state index contributed by atoms with van der Waals surface area (Å²) >= 11 is 0. The average molecular weight is 391 g/mol. The summed E-state index contributed by atoms with van der Waals surface area (Å²) in [6, 6.07) is 5.25. The smallest absolute Gasteiger partial charge is 0.269 e. The third-order valence-corrected chi connectivity index (χ3v) is 7.39. The number of nitrogens with one attached hydrogen (secondary N) is 2. The molecule has 1 aromatic rings. The molecule has 0 aliphatic heterocycles. The summed E-state index contributed by atoms with van der Waals surface area (Å²) in [6.07, 6.45) is 7.84. The Morgan fingerprint density at radius 3 is 1.96 bits per heavy atom. The van der Waals surface area contributed by atoms with E-state index in [1.165, 1.54) is 43.5 Å². The minimum absolute atomic E-state index is 0.0649. The molecule has 2 amide bonds. The second-order valence-electron chi connectivity index (χ2n) is 8.67. The van der Waals surface area contributed by atoms with Crippen molar-refractivity contribution in [2.24, 2.45) is 28.3 Å². The van der Waals surface area contributed by atoms with Crippen molar-refractivity contribution in [1.82, 2.24) is 10.9 Å². The molecule has 0 aromatic heterocycles. The number of sulfonamides is 1. The Balaban J connectivity index is 1.32. The van der Waals surface area contributed by atoms with Gasteiger partial charge in [-0.15, -0.1) is 0 Å². The normalized spacial score (nSPS) is 31.5. The second kappa shape index (κ2) is 6.60. The van der Waals surface area contributed by atoms with Crippen LogP contribution in [0.3, 0.4) is 0 Å². The molecule has 4 aliphatic rings. The highest BCUT2D eigenvalue weighted by molar-refractivity contribution is 7.89. The van der Waals surface area contributed by atoms with E-state index in [9.17, 15) is 18.0 Å². The van der Waals surface area contributed by atoms with Gasteiger partial charge in [-0.3, -0.25) is 20.4 Å². The number of benzene rings is 1. The van der Waals surface area contributed by atoms with Gasteiger partial charge in [0, 0.05) is 12.0 Å². The number of carbonyl (C=O) groups excluding carboxylic acids is 2. The standard InChI is InChI=1S/C19H25N3O4S/c20-27(25,26)16-3-1-15(2-4-16)18(24)22-21-17(23)11-19-8-12-5-13(9-19)7-14(6-12)10-19/h1-4,12-14H,5-11H2,(H,21,23)(H,22,24)(H2,20,25,26). The van der Waals surface area contributed by atoms with Crippen molar-refractivity contribution in [3.63, 3.8) is 0 Å². The molecule has 0 unspecified atom stereocenters. The van der Waals surface area contributed by atoms with E-state index in [0.29, 0.717) is 6.42 Å². The zero-order valence-electron chi connectivity index (χ0n) is 15.1. The van der Waals surface area contributed by atoms with Gasteiger partial charge in [0.15, 0.2) is 0 Å². The Morgan fingerprint density at radius 1 is 0.963 bits per heavy atom. The molecule has 4 N–H and O–H groups in total. The molecule has 0 saturated heterocycles. The van der Waals surface area contributed by atoms with Crippen molar-refractivity contribution >= 4 is 21.8 Å². The van der Waals surface area contributed by atoms with E-state index in [-0.39, 0.29) is 21.8 Å². The lowest BCUT2D eigenvalue weighted by Gasteiger charge is -2.56. The zero-order chi connectivity index (χ0) is 19.2. The Morgan fingerprint density at radius 2 is 1.48 bits per heavy atom. The molecule has 5 rings (SSSR count). The zero-order valence-corrected chi connectivity index (χ0v) is 15.9. The predicted molar refractivity (Wildman–Crippen MR) is 98.6 cm³/mol. The Labute approximate surface area is 159 Å². The maximum absolute atomic E-state index is 12.4. The van der Waals surface area contributed by atoms with Gasteiger partial charge in [0.05, 0.1) is 4.90 Å². The Kier molecular flexibility index (Phi) is 4.50. The van der Waals surface area contributed by atoms with Gasteiger partial charge in [-0.25, -0.2) is 13.6 Å². The Hall–Kier alpha value is -1.93. The largest absolute Gasteiger partial charge is 0.273 e. The highest BCUT2D eigenvalue weighted by Crippen LogP contribution is 2.61. The Bertz CT molecular complexity index is 828. The number of primary sulfonamides is 1. The second-order valence-corrected chi connectivity index (χ2v) is 10.2. The maximum atomic E-state index is 12.4. The van der Waals surface area contributed by atoms with Crippen LogP contribution in [-0.4, -0.2) is 20.2 Å². The van der Waals surface area contributed by atoms with Crippen LogP contribution in [-0.2, 0) is 14.8 Å². The molecule has 8 heteroatoms. The van der Waals surface area contributed by atoms with Crippen LogP contribution in [0.15, 0.2) is 29.2 Å². The van der Waals surface area contributed by atoms with E-state index in [1.807, 2.05) is 0 Å². The summed E-state index contributed by atoms with van der Waals surface area (Å²) in [5.74, 6) is 1.67. The fraction of sp³-hybridized carbons (Fsp3) is 0.579. The summed E-state index contributed by atoms with van der Waals surface area (Å²) in [4.78, 5) is 24.5. The lowest BCUT2D eigenvalue weighted by molar-refractivity contribution is -0.130. The van der Waals surface area contributed by atoms with E-state index in [0.717, 1.165) is 37.0 Å². The van der Waals surface area contributed by atoms with Gasteiger partial charge in [-0.05, 0) is 86.0 Å². The van der Waals surface area contributed by atoms with Gasteiger partial charge in [0.2, 0.25) is 15.9 Å². The molecule has 4 aliphatic carbocycles. The van der Waals surface area contributed by atoms with E-state index >= 15 is 0 Å². The minimum Gasteiger partial charge on any atom is -0.273 e. The van der Waals surface area contributed by atoms with Crippen LogP contribution in [0, 0.1) is 23.2 Å². The number of hydrogen-bond donors (Lipinski definition) is 3. The molecule has 4 saturated carbocycles. The van der Waals surface area contributed by atoms with E-state index in [2.05, 4.69) is 10.9 Å². The highest BCUT2D eigenvalue weighted by atomic mass is 32.2. The first-order valence-electron chi connectivity index (χ1n) is 9.44. The lowest BCUT2D eigenvalue weighted by atomic mass is 9.49. The van der Waals surface area contributed by atoms with Gasteiger partial charge < -0.3 is 0 Å². The minimum atomic E-state index is -3.80. The SMILES string of the molecule is NS(=O)(=O)c1ccc(C(=O)NNC(=O)CC23CC4CC(CC(C4)C2)C3)cc1. The van der Waals surface area contributed by atoms with Crippen LogP contribution < -0.4 is 16.0 Å². The van der Waals surface area contributed by atoms with Gasteiger partial charge in [-0.2, -0.15) is 0 Å². The first kappa shape index (κ1) is 18.4. The van der Waals surface area contributed by atoms with E-state index in [4.69, 9.17) is 5.14 Å². The van der Waals surface area contributed by atoms with Gasteiger partial charge in [0.25, 0.3) is 5.91 Å². The maximum Gasteiger partial charge on any atom is 0.269 e. The summed E-state index contributed by atoms with van der Waals surface area (Å²) in [6.45, 7) is 0. The van der Waals surface area contributed by atoms with Crippen LogP contribution in [0.25, 0.3) is 0 Å². The monoisotopic (exact) mass is 391 g/mol. The van der Waals surface area contributed by atoms with Gasteiger partial charge >= 0.3 is 0 Å². The van der Waals surface area contributed by atoms with E-state index < -0.39 is 15.9 Å². The molecular weight excluding hydrogens is 366 g/mol. The third-order valence-electron chi connectivity index (χ3n) is 6.46. The van der Waals surface area contributed by atoms with Crippen molar-refractivity contribution < 1.29 is 18.0 Å². The van der Waals surface area contributed by atoms with Gasteiger partial charge in [0.1, 0.15) is 0 Å². The molecule has 4 bridgehead atoms. The molecule has 27 heavy (non-hydrogen) atoms. The van der Waals surface area contributed by atoms with E-state index in [1.54, 1.807) is 0 Å². The number of amides is 2. The molecule has 0 radical (unpaired) electrons. The molecule has 7 nitrogen and oxygen atoms in total. The summed E-state index contributed by atoms with van der Waals surface area (Å²) in [7, 11) is -3.80. The number of hydrogen-bond acceptors (Lipinski definition) is 4. The highest BCUT2D eigenvalue weighted by Gasteiger charge is 2.51. The van der Waals surface area contributed by atoms with Gasteiger partial charge in [-0.1, -0.05) is 0 Å². The summed E-state index contributed by atoms with van der Waals surface area (Å²) in [5.41, 5.74) is 5.30. The molecule has 0 heterocycles. The van der Waals surface area contributed by atoms with Crippen LogP contribution in [0.2, 0.25) is 0 Å². The van der Waals surface area contributed by atoms with Crippen molar-refractivity contribution in [3.8, 4) is 0 Å². The van der Waals surface area contributed by atoms with Crippen LogP contribution >= 0.6 is 0 Å². The van der Waals surface area contributed by atoms with Crippen LogP contribution in [0.1, 0.15) is 55.3 Å². The average Bonchev–Trinajstić information content (AvgIpc) is 2.57. The van der Waals surface area contributed by atoms with Crippen LogP contribution in [0.5, 0.6) is 0 Å². The van der Waals surface area contributed by atoms with Crippen molar-refractivity contribution in [3.05, 3.63) is 29.8 Å². The third kappa shape index (κ3) is 3.87. The molecule has 0 atom stereocenters. The van der Waals surface area contributed by atoms with Crippen molar-refractivity contribution in [2.75, 3.05) is 0 Å². The molecule has 1 aromatic carbocycles. The first-order chi connectivity index (χ1) is 12.7. The summed E-state index contributed by atoms with van der Waals surface area (Å²) < 4.78 is 22.5. The topological polar surface area (TPSA) is 118 Å². The van der Waals surface area contributed by atoms with Crippen molar-refractivity contribution in [2.45, 2.75) is 49.8 Å². The number of hydrazine groups is 1. The quantitative estimate of drug-likeness (QED) is 0.677. The summed E-state index contributed by atoms with van der Waals surface area (Å²) in [5, 5.41) is 5.04. The fourth-order valence-electron chi connectivity index (χ4n) is 5.89.